The maximum atomic E-state index is 11.9. The maximum absolute atomic E-state index is 11.9. The number of carbonyl (C=O) groups excluding carboxylic acids is 2. The summed E-state index contributed by atoms with van der Waals surface area (Å²) >= 11 is 5.78. The number of hydrogen-bond donors (Lipinski definition) is 1. The molecule has 1 fully saturated rings. The van der Waals surface area contributed by atoms with Crippen LogP contribution in [0.25, 0.3) is 0 Å². The molecule has 1 amide bonds. The Morgan fingerprint density at radius 1 is 1.33 bits per heavy atom. The molecular weight excluding hydrogens is 288 g/mol. The van der Waals surface area contributed by atoms with Gasteiger partial charge in [0.1, 0.15) is 0 Å². The minimum atomic E-state index is -0.543. The van der Waals surface area contributed by atoms with Crippen molar-refractivity contribution >= 4 is 29.0 Å². The van der Waals surface area contributed by atoms with Crippen LogP contribution in [0.15, 0.2) is 24.3 Å². The molecule has 0 bridgehead atoms. The summed E-state index contributed by atoms with van der Waals surface area (Å²) < 4.78 is 0. The fraction of sp³-hybridized carbons (Fsp3) is 0.500. The van der Waals surface area contributed by atoms with E-state index in [9.17, 15) is 9.59 Å². The van der Waals surface area contributed by atoms with Crippen LogP contribution < -0.4 is 5.32 Å². The van der Waals surface area contributed by atoms with Crippen LogP contribution >= 0.6 is 11.6 Å². The highest BCUT2D eigenvalue weighted by Gasteiger charge is 2.24. The zero-order valence-electron chi connectivity index (χ0n) is 12.3. The zero-order chi connectivity index (χ0) is 15.2. The number of benzene rings is 1. The molecular formula is C16H21ClN2O2. The van der Waals surface area contributed by atoms with Gasteiger partial charge in [-0.2, -0.15) is 0 Å². The van der Waals surface area contributed by atoms with Gasteiger partial charge in [-0.05, 0) is 56.6 Å². The van der Waals surface area contributed by atoms with E-state index in [4.69, 9.17) is 11.6 Å². The van der Waals surface area contributed by atoms with Crippen LogP contribution in [-0.2, 0) is 9.59 Å². The summed E-state index contributed by atoms with van der Waals surface area (Å²) in [5, 5.41) is 3.21. The van der Waals surface area contributed by atoms with E-state index in [0.717, 1.165) is 25.9 Å². The molecule has 1 atom stereocenters. The van der Waals surface area contributed by atoms with Crippen LogP contribution in [0.4, 0.5) is 5.69 Å². The lowest BCUT2D eigenvalue weighted by molar-refractivity contribution is -0.135. The van der Waals surface area contributed by atoms with Gasteiger partial charge in [0, 0.05) is 23.2 Å². The van der Waals surface area contributed by atoms with E-state index < -0.39 is 5.91 Å². The van der Waals surface area contributed by atoms with E-state index in [1.165, 1.54) is 6.42 Å². The fourth-order valence-electron chi connectivity index (χ4n) is 2.78. The number of carbonyl (C=O) groups is 2. The lowest BCUT2D eigenvalue weighted by Gasteiger charge is -2.22. The Morgan fingerprint density at radius 2 is 2.05 bits per heavy atom. The molecule has 0 saturated carbocycles. The molecule has 21 heavy (non-hydrogen) atoms. The van der Waals surface area contributed by atoms with Crippen molar-refractivity contribution in [2.75, 3.05) is 18.4 Å². The van der Waals surface area contributed by atoms with E-state index in [1.54, 1.807) is 24.3 Å². The molecule has 5 heteroatoms. The number of nitrogens with zero attached hydrogens (tertiary/aromatic N) is 1. The summed E-state index contributed by atoms with van der Waals surface area (Å²) in [4.78, 5) is 26.1. The number of amides is 1. The van der Waals surface area contributed by atoms with Crippen LogP contribution in [0.2, 0.25) is 5.02 Å². The molecule has 1 aliphatic heterocycles. The van der Waals surface area contributed by atoms with Gasteiger partial charge in [0.15, 0.2) is 0 Å². The van der Waals surface area contributed by atoms with E-state index in [2.05, 4.69) is 17.1 Å². The number of halogens is 1. The average molecular weight is 309 g/mol. The third kappa shape index (κ3) is 4.55. The van der Waals surface area contributed by atoms with Gasteiger partial charge >= 0.3 is 0 Å². The van der Waals surface area contributed by atoms with Crippen molar-refractivity contribution in [1.29, 1.82) is 0 Å². The highest BCUT2D eigenvalue weighted by atomic mass is 35.5. The highest BCUT2D eigenvalue weighted by Crippen LogP contribution is 2.21. The molecule has 1 heterocycles. The van der Waals surface area contributed by atoms with Crippen molar-refractivity contribution in [2.24, 2.45) is 0 Å². The van der Waals surface area contributed by atoms with Gasteiger partial charge in [-0.25, -0.2) is 0 Å². The summed E-state index contributed by atoms with van der Waals surface area (Å²) in [7, 11) is 0. The van der Waals surface area contributed by atoms with Crippen LogP contribution in [0.1, 0.15) is 32.6 Å². The maximum Gasteiger partial charge on any atom is 0.291 e. The first-order valence-corrected chi connectivity index (χ1v) is 7.81. The van der Waals surface area contributed by atoms with Crippen molar-refractivity contribution in [3.05, 3.63) is 29.3 Å². The second kappa shape index (κ2) is 7.57. The molecule has 0 aromatic heterocycles. The first kappa shape index (κ1) is 16.0. The predicted molar refractivity (Wildman–Crippen MR) is 84.6 cm³/mol. The van der Waals surface area contributed by atoms with Crippen LogP contribution in [0.3, 0.4) is 0 Å². The Balaban J connectivity index is 1.80. The van der Waals surface area contributed by atoms with Gasteiger partial charge < -0.3 is 10.2 Å². The van der Waals surface area contributed by atoms with Gasteiger partial charge in [0.2, 0.25) is 5.78 Å². The standard InChI is InChI=1S/C16H21ClN2O2/c1-2-19-11-3-4-14(19)9-10-15(20)16(21)18-13-7-5-12(17)6-8-13/h5-8,14H,2-4,9-11H2,1H3,(H,18,21). The number of nitrogens with one attached hydrogen (secondary N) is 1. The van der Waals surface area contributed by atoms with Crippen LogP contribution in [0, 0.1) is 0 Å². The number of likely N-dealkylation sites (tertiary alicyclic amines) is 1. The van der Waals surface area contributed by atoms with E-state index in [1.807, 2.05) is 0 Å². The topological polar surface area (TPSA) is 49.4 Å². The average Bonchev–Trinajstić information content (AvgIpc) is 2.94. The van der Waals surface area contributed by atoms with Crippen LogP contribution in [0.5, 0.6) is 0 Å². The molecule has 1 aromatic carbocycles. The number of anilines is 1. The Bertz CT molecular complexity index is 502. The second-order valence-corrected chi connectivity index (χ2v) is 5.78. The number of ketones is 1. The smallest absolute Gasteiger partial charge is 0.291 e. The van der Waals surface area contributed by atoms with Gasteiger partial charge in [0.25, 0.3) is 5.91 Å². The zero-order valence-corrected chi connectivity index (χ0v) is 13.0. The summed E-state index contributed by atoms with van der Waals surface area (Å²) in [6.45, 7) is 4.25. The lowest BCUT2D eigenvalue weighted by Crippen LogP contribution is -2.31. The number of hydrogen-bond acceptors (Lipinski definition) is 3. The minimum absolute atomic E-state index is 0.306. The third-order valence-corrected chi connectivity index (χ3v) is 4.22. The van der Waals surface area contributed by atoms with Gasteiger partial charge in [-0.15, -0.1) is 0 Å². The molecule has 1 aromatic rings. The molecule has 1 saturated heterocycles. The van der Waals surface area contributed by atoms with E-state index in [-0.39, 0.29) is 5.78 Å². The predicted octanol–water partition coefficient (Wildman–Crippen LogP) is 3.11. The normalized spacial score (nSPS) is 18.7. The first-order valence-electron chi connectivity index (χ1n) is 7.44. The number of Topliss-reactive ketones (excluding diaryl/α,β-unsaturated/α-hetero) is 1. The van der Waals surface area contributed by atoms with Gasteiger partial charge in [0.05, 0.1) is 0 Å². The molecule has 114 valence electrons. The highest BCUT2D eigenvalue weighted by molar-refractivity contribution is 6.40. The Morgan fingerprint density at radius 3 is 2.71 bits per heavy atom. The first-order chi connectivity index (χ1) is 10.1. The SMILES string of the molecule is CCN1CCCC1CCC(=O)C(=O)Nc1ccc(Cl)cc1. The van der Waals surface area contributed by atoms with Crippen molar-refractivity contribution in [3.63, 3.8) is 0 Å². The summed E-state index contributed by atoms with van der Waals surface area (Å²) in [5.41, 5.74) is 0.591. The molecule has 1 aliphatic rings. The Kier molecular flexibility index (Phi) is 5.76. The van der Waals surface area contributed by atoms with E-state index in [0.29, 0.717) is 23.2 Å². The second-order valence-electron chi connectivity index (χ2n) is 5.35. The van der Waals surface area contributed by atoms with Gasteiger partial charge in [-0.1, -0.05) is 18.5 Å². The van der Waals surface area contributed by atoms with Gasteiger partial charge in [-0.3, -0.25) is 9.59 Å². The van der Waals surface area contributed by atoms with Crippen molar-refractivity contribution in [1.82, 2.24) is 4.90 Å². The summed E-state index contributed by atoms with van der Waals surface area (Å²) in [6, 6.07) is 7.17. The molecule has 4 nitrogen and oxygen atoms in total. The van der Waals surface area contributed by atoms with Crippen LogP contribution in [-0.4, -0.2) is 35.7 Å². The lowest BCUT2D eigenvalue weighted by atomic mass is 10.1. The molecule has 0 radical (unpaired) electrons. The third-order valence-electron chi connectivity index (χ3n) is 3.97. The molecule has 1 N–H and O–H groups in total. The van der Waals surface area contributed by atoms with E-state index >= 15 is 0 Å². The Labute approximate surface area is 130 Å². The summed E-state index contributed by atoms with van der Waals surface area (Å²) in [6.07, 6.45) is 3.38. The van der Waals surface area contributed by atoms with Crippen molar-refractivity contribution < 1.29 is 9.59 Å². The van der Waals surface area contributed by atoms with Crippen molar-refractivity contribution in [2.45, 2.75) is 38.6 Å². The Hall–Kier alpha value is -1.39. The molecule has 0 aliphatic carbocycles. The largest absolute Gasteiger partial charge is 0.319 e. The van der Waals surface area contributed by atoms with Crippen molar-refractivity contribution in [3.8, 4) is 0 Å². The summed E-state index contributed by atoms with van der Waals surface area (Å²) in [5.74, 6) is -0.897. The molecule has 2 rings (SSSR count). The molecule has 1 unspecified atom stereocenters. The fourth-order valence-corrected chi connectivity index (χ4v) is 2.91. The quantitative estimate of drug-likeness (QED) is 0.822. The molecule has 0 spiro atoms. The number of rotatable bonds is 6. The minimum Gasteiger partial charge on any atom is -0.319 e. The monoisotopic (exact) mass is 308 g/mol.